The number of hydrogen-bond acceptors (Lipinski definition) is 8. The van der Waals surface area contributed by atoms with Gasteiger partial charge in [-0.15, -0.1) is 0 Å². The molecular weight excluding hydrogens is 771 g/mol. The van der Waals surface area contributed by atoms with Crippen LogP contribution in [0.1, 0.15) is 80.0 Å². The van der Waals surface area contributed by atoms with Gasteiger partial charge in [0.25, 0.3) is 5.91 Å². The molecule has 0 bridgehead atoms. The third-order valence-corrected chi connectivity index (χ3v) is 12.6. The van der Waals surface area contributed by atoms with Crippen LogP contribution in [0, 0.1) is 0 Å². The number of aryl methyl sites for hydroxylation is 1. The van der Waals surface area contributed by atoms with Crippen molar-refractivity contribution in [1.29, 1.82) is 0 Å². The van der Waals surface area contributed by atoms with Gasteiger partial charge in [-0.05, 0) is 102 Å². The number of H-pyrrole nitrogens is 1. The van der Waals surface area contributed by atoms with Crippen LogP contribution in [0.5, 0.6) is 0 Å². The third-order valence-electron chi connectivity index (χ3n) is 12.6. The molecule has 61 heavy (non-hydrogen) atoms. The quantitative estimate of drug-likeness (QED) is 0.136. The molecule has 4 atom stereocenters. The minimum Gasteiger partial charge on any atom is -0.453 e. The summed E-state index contributed by atoms with van der Waals surface area (Å²) in [6.07, 6.45) is 6.40. The number of methoxy groups -OCH3 is 2. The van der Waals surface area contributed by atoms with E-state index in [-0.39, 0.29) is 23.9 Å². The summed E-state index contributed by atoms with van der Waals surface area (Å²) in [5, 5.41) is 7.57. The second kappa shape index (κ2) is 16.7. The summed E-state index contributed by atoms with van der Waals surface area (Å²) in [6.45, 7) is 2.90. The molecule has 0 unspecified atom stereocenters. The van der Waals surface area contributed by atoms with Gasteiger partial charge in [0.15, 0.2) is 0 Å². The number of nitrogens with one attached hydrogen (secondary N) is 3. The summed E-state index contributed by atoms with van der Waals surface area (Å²) in [6, 6.07) is 27.1. The maximum absolute atomic E-state index is 14.0. The minimum atomic E-state index is -0.877. The summed E-state index contributed by atoms with van der Waals surface area (Å²) in [4.78, 5) is 68.4. The van der Waals surface area contributed by atoms with E-state index in [2.05, 4.69) is 70.2 Å². The molecule has 3 aliphatic heterocycles. The first-order valence-electron chi connectivity index (χ1n) is 21.1. The van der Waals surface area contributed by atoms with Crippen LogP contribution in [-0.2, 0) is 25.5 Å². The lowest BCUT2D eigenvalue weighted by molar-refractivity contribution is -0.134. The van der Waals surface area contributed by atoms with Crippen LogP contribution < -0.4 is 10.6 Å². The molecule has 312 valence electrons. The van der Waals surface area contributed by atoms with Gasteiger partial charge in [0, 0.05) is 36.5 Å². The first kappa shape index (κ1) is 39.7. The molecule has 0 saturated carbocycles. The Bertz CT molecular complexity index is 2600. The molecule has 1 aliphatic carbocycles. The number of fused-ring (bicyclic) bond motifs is 3. The first-order chi connectivity index (χ1) is 29.7. The van der Waals surface area contributed by atoms with Crippen molar-refractivity contribution in [2.75, 3.05) is 27.3 Å². The lowest BCUT2D eigenvalue weighted by Crippen LogP contribution is -2.50. The van der Waals surface area contributed by atoms with Crippen LogP contribution in [0.25, 0.3) is 38.7 Å². The maximum Gasteiger partial charge on any atom is 0.407 e. The summed E-state index contributed by atoms with van der Waals surface area (Å²) in [5.41, 5.74) is 10.8. The standard InChI is InChI=1S/C48H49N7O6/c1-28(50-47(58)60-2)45(56)54-21-7-11-41(54)39-26-37-36-19-17-33(24-34(36)18-20-38(37)51-39)30-13-14-32-25-35(16-15-31(32)23-30)40-27-49-44(52-40)42-12-8-22-55(42)46(57)43(53-48(59)61-3)29-9-5-4-6-10-29/h4-6,9-10,13-17,19,23-25,27-28,41-43H,7-8,11-12,18,20-22,26H2,1-3H3,(H,49,52)(H,50,58)(H,53,59)/t28-,41-,42-,43+/m0/s1. The van der Waals surface area contributed by atoms with E-state index in [1.54, 1.807) is 11.8 Å². The van der Waals surface area contributed by atoms with Gasteiger partial charge < -0.3 is 34.9 Å². The molecule has 0 radical (unpaired) electrons. The average molecular weight is 820 g/mol. The van der Waals surface area contributed by atoms with Gasteiger partial charge in [0.2, 0.25) is 5.91 Å². The zero-order chi connectivity index (χ0) is 42.2. The molecule has 4 aromatic carbocycles. The number of likely N-dealkylation sites (tertiary alicyclic amines) is 2. The van der Waals surface area contributed by atoms with Crippen LogP contribution in [0.4, 0.5) is 9.59 Å². The Balaban J connectivity index is 0.883. The average Bonchev–Trinajstić information content (AvgIpc) is 4.14. The zero-order valence-corrected chi connectivity index (χ0v) is 34.6. The monoisotopic (exact) mass is 819 g/mol. The van der Waals surface area contributed by atoms with Crippen molar-refractivity contribution in [2.45, 2.75) is 76.0 Å². The van der Waals surface area contributed by atoms with Gasteiger partial charge in [-0.2, -0.15) is 0 Å². The van der Waals surface area contributed by atoms with Crippen LogP contribution in [0.3, 0.4) is 0 Å². The Hall–Kier alpha value is -6.76. The summed E-state index contributed by atoms with van der Waals surface area (Å²) < 4.78 is 9.55. The fourth-order valence-corrected chi connectivity index (χ4v) is 9.50. The highest BCUT2D eigenvalue weighted by atomic mass is 16.5. The number of allylic oxidation sites excluding steroid dienone is 2. The van der Waals surface area contributed by atoms with E-state index in [1.807, 2.05) is 41.4 Å². The second-order valence-corrected chi connectivity index (χ2v) is 16.3. The smallest absolute Gasteiger partial charge is 0.407 e. The largest absolute Gasteiger partial charge is 0.453 e. The van der Waals surface area contributed by atoms with Crippen LogP contribution in [0.15, 0.2) is 102 Å². The highest BCUT2D eigenvalue weighted by Gasteiger charge is 2.39. The van der Waals surface area contributed by atoms with Crippen molar-refractivity contribution in [3.05, 3.63) is 119 Å². The molecule has 9 rings (SSSR count). The van der Waals surface area contributed by atoms with Gasteiger partial charge in [0.05, 0.1) is 38.2 Å². The van der Waals surface area contributed by atoms with E-state index in [1.165, 1.54) is 30.9 Å². The molecular formula is C48H49N7O6. The molecule has 5 aromatic rings. The number of imidazole rings is 1. The molecule has 2 fully saturated rings. The fourth-order valence-electron chi connectivity index (χ4n) is 9.50. The second-order valence-electron chi connectivity index (χ2n) is 16.3. The summed E-state index contributed by atoms with van der Waals surface area (Å²) in [7, 11) is 2.58. The number of hydrogen-bond donors (Lipinski definition) is 3. The Morgan fingerprint density at radius 2 is 1.41 bits per heavy atom. The third kappa shape index (κ3) is 7.76. The van der Waals surface area contributed by atoms with Crippen LogP contribution in [0.2, 0.25) is 0 Å². The number of ether oxygens (including phenoxy) is 2. The SMILES string of the molecule is COC(=O)N[C@@H](C)C(=O)N1CCC[C@H]1C1=NC2=C(C1)c1ccc(-c3ccc4cc(-c5cnc([C@@H]6CCCN6C(=O)[C@H](NC(=O)OC)c6ccccc6)[nH]5)ccc4c3)cc1CC2. The van der Waals surface area contributed by atoms with E-state index < -0.39 is 24.3 Å². The summed E-state index contributed by atoms with van der Waals surface area (Å²) >= 11 is 0. The number of aliphatic imine (C=N–C) groups is 1. The lowest BCUT2D eigenvalue weighted by atomic mass is 9.85. The molecule has 13 heteroatoms. The topological polar surface area (TPSA) is 158 Å². The van der Waals surface area contributed by atoms with E-state index in [4.69, 9.17) is 19.5 Å². The van der Waals surface area contributed by atoms with Gasteiger partial charge in [0.1, 0.15) is 17.9 Å². The van der Waals surface area contributed by atoms with Gasteiger partial charge in [-0.25, -0.2) is 14.6 Å². The lowest BCUT2D eigenvalue weighted by Gasteiger charge is -2.28. The molecule has 1 aromatic heterocycles. The molecule has 3 N–H and O–H groups in total. The van der Waals surface area contributed by atoms with Crippen LogP contribution >= 0.6 is 0 Å². The van der Waals surface area contributed by atoms with E-state index >= 15 is 0 Å². The van der Waals surface area contributed by atoms with Crippen molar-refractivity contribution >= 4 is 46.1 Å². The van der Waals surface area contributed by atoms with Gasteiger partial charge in [-0.1, -0.05) is 72.8 Å². The molecule has 13 nitrogen and oxygen atoms in total. The number of aromatic nitrogens is 2. The molecule has 4 amide bonds. The van der Waals surface area contributed by atoms with E-state index in [9.17, 15) is 19.2 Å². The van der Waals surface area contributed by atoms with Gasteiger partial charge in [-0.3, -0.25) is 14.6 Å². The van der Waals surface area contributed by atoms with Crippen LogP contribution in [-0.4, -0.2) is 88.9 Å². The molecule has 0 spiro atoms. The predicted molar refractivity (Wildman–Crippen MR) is 232 cm³/mol. The minimum absolute atomic E-state index is 0.0686. The predicted octanol–water partition coefficient (Wildman–Crippen LogP) is 7.90. The van der Waals surface area contributed by atoms with Crippen molar-refractivity contribution < 1.29 is 28.7 Å². The molecule has 4 heterocycles. The highest BCUT2D eigenvalue weighted by molar-refractivity contribution is 6.05. The summed E-state index contributed by atoms with van der Waals surface area (Å²) in [5.74, 6) is 0.399. The van der Waals surface area contributed by atoms with E-state index in [0.717, 1.165) is 89.5 Å². The fraction of sp³-hybridized carbons (Fsp3) is 0.333. The number of carbonyl (C=O) groups is 4. The van der Waals surface area contributed by atoms with Crippen molar-refractivity contribution in [1.82, 2.24) is 30.4 Å². The molecule has 4 aliphatic rings. The zero-order valence-electron chi connectivity index (χ0n) is 34.6. The normalized spacial score (nSPS) is 19.2. The van der Waals surface area contributed by atoms with Crippen molar-refractivity contribution in [3.8, 4) is 22.4 Å². The number of rotatable bonds is 9. The first-order valence-corrected chi connectivity index (χ1v) is 21.1. The van der Waals surface area contributed by atoms with E-state index in [0.29, 0.717) is 24.5 Å². The van der Waals surface area contributed by atoms with Crippen molar-refractivity contribution in [3.63, 3.8) is 0 Å². The number of alkyl carbamates (subject to hydrolysis) is 2. The maximum atomic E-state index is 14.0. The number of carbonyl (C=O) groups excluding carboxylic acids is 4. The number of benzene rings is 4. The Morgan fingerprint density at radius 3 is 2.16 bits per heavy atom. The molecule has 2 saturated heterocycles. The number of amides is 4. The Kier molecular flexibility index (Phi) is 10.9. The van der Waals surface area contributed by atoms with Gasteiger partial charge >= 0.3 is 12.2 Å². The number of aromatic amines is 1. The Labute approximate surface area is 354 Å². The Morgan fingerprint density at radius 1 is 0.754 bits per heavy atom. The highest BCUT2D eigenvalue weighted by Crippen LogP contribution is 2.42. The number of nitrogens with zero attached hydrogens (tertiary/aromatic N) is 4. The van der Waals surface area contributed by atoms with Crippen molar-refractivity contribution in [2.24, 2.45) is 4.99 Å².